The fourth-order valence-corrected chi connectivity index (χ4v) is 5.61. The van der Waals surface area contributed by atoms with Crippen LogP contribution in [0.1, 0.15) is 58.8 Å². The lowest BCUT2D eigenvalue weighted by Gasteiger charge is -2.53. The van der Waals surface area contributed by atoms with E-state index in [0.29, 0.717) is 30.2 Å². The van der Waals surface area contributed by atoms with Gasteiger partial charge in [0.2, 0.25) is 5.91 Å². The number of hydrogen-bond acceptors (Lipinski definition) is 2. The largest absolute Gasteiger partial charge is 0.355 e. The Bertz CT molecular complexity index is 352. The first-order valence-electron chi connectivity index (χ1n) is 9.08. The molecule has 4 aliphatic rings. The molecule has 0 saturated heterocycles. The average Bonchev–Trinajstić information content (AvgIpc) is 2.48. The predicted octanol–water partition coefficient (Wildman–Crippen LogP) is 2.94. The van der Waals surface area contributed by atoms with Gasteiger partial charge in [0.05, 0.1) is 0 Å². The van der Waals surface area contributed by atoms with Crippen LogP contribution in [0, 0.1) is 35.0 Å². The molecular weight excluding hydrogens is 260 g/mol. The molecule has 4 bridgehead atoms. The van der Waals surface area contributed by atoms with E-state index in [9.17, 15) is 4.79 Å². The summed E-state index contributed by atoms with van der Waals surface area (Å²) in [7, 11) is 0. The average molecular weight is 292 g/mol. The number of carbonyl (C=O) groups excluding carboxylic acids is 1. The molecule has 4 aliphatic carbocycles. The van der Waals surface area contributed by atoms with Gasteiger partial charge < -0.3 is 11.1 Å². The van der Waals surface area contributed by atoms with Gasteiger partial charge in [-0.25, -0.2) is 0 Å². The number of rotatable bonds is 6. The second-order valence-corrected chi connectivity index (χ2v) is 8.09. The monoisotopic (exact) mass is 292 g/mol. The van der Waals surface area contributed by atoms with Crippen LogP contribution >= 0.6 is 0 Å². The molecule has 0 aromatic heterocycles. The lowest BCUT2D eigenvalue weighted by molar-refractivity contribution is -0.138. The van der Waals surface area contributed by atoms with Crippen LogP contribution in [0.15, 0.2) is 0 Å². The van der Waals surface area contributed by atoms with Crippen molar-refractivity contribution in [2.45, 2.75) is 58.8 Å². The Morgan fingerprint density at radius 1 is 1.05 bits per heavy atom. The lowest BCUT2D eigenvalue weighted by atomic mass is 9.51. The van der Waals surface area contributed by atoms with Gasteiger partial charge in [-0.1, -0.05) is 13.8 Å². The van der Waals surface area contributed by atoms with Crippen LogP contribution < -0.4 is 11.1 Å². The molecule has 120 valence electrons. The van der Waals surface area contributed by atoms with Crippen molar-refractivity contribution < 1.29 is 4.79 Å². The number of carbonyl (C=O) groups is 1. The van der Waals surface area contributed by atoms with E-state index in [1.165, 1.54) is 32.1 Å². The van der Waals surface area contributed by atoms with Crippen LogP contribution in [0.4, 0.5) is 0 Å². The zero-order chi connectivity index (χ0) is 15.0. The minimum absolute atomic E-state index is 0.0988. The Morgan fingerprint density at radius 2 is 1.57 bits per heavy atom. The summed E-state index contributed by atoms with van der Waals surface area (Å²) in [6.07, 6.45) is 8.79. The number of amides is 1. The molecule has 4 saturated carbocycles. The molecule has 4 fully saturated rings. The van der Waals surface area contributed by atoms with Gasteiger partial charge in [-0.2, -0.15) is 0 Å². The van der Waals surface area contributed by atoms with Crippen molar-refractivity contribution in [1.82, 2.24) is 5.32 Å². The first-order valence-corrected chi connectivity index (χ1v) is 9.08. The summed E-state index contributed by atoms with van der Waals surface area (Å²) in [4.78, 5) is 12.8. The van der Waals surface area contributed by atoms with Crippen molar-refractivity contribution >= 4 is 5.91 Å². The summed E-state index contributed by atoms with van der Waals surface area (Å²) < 4.78 is 0. The molecule has 0 spiro atoms. The summed E-state index contributed by atoms with van der Waals surface area (Å²) in [6, 6.07) is 0. The Balaban J connectivity index is 1.61. The van der Waals surface area contributed by atoms with Crippen molar-refractivity contribution in [3.63, 3.8) is 0 Å². The standard InChI is InChI=1S/C18H32N2O/c1-3-18(4-2,10-19)11-20-17(21)16-14-6-12-5-13(8-14)9-15(16)7-12/h12-16H,3-11,19H2,1-2H3,(H,20,21). The van der Waals surface area contributed by atoms with Crippen LogP contribution in [0.3, 0.4) is 0 Å². The quantitative estimate of drug-likeness (QED) is 0.791. The summed E-state index contributed by atoms with van der Waals surface area (Å²) in [5.41, 5.74) is 6.06. The van der Waals surface area contributed by atoms with Gasteiger partial charge in [0, 0.05) is 12.5 Å². The molecule has 0 aromatic carbocycles. The molecule has 21 heavy (non-hydrogen) atoms. The summed E-state index contributed by atoms with van der Waals surface area (Å²) in [5, 5.41) is 3.29. The predicted molar refractivity (Wildman–Crippen MR) is 85.6 cm³/mol. The zero-order valence-electron chi connectivity index (χ0n) is 13.7. The topological polar surface area (TPSA) is 55.1 Å². The van der Waals surface area contributed by atoms with Crippen LogP contribution in [-0.2, 0) is 4.79 Å². The molecule has 0 unspecified atom stereocenters. The Morgan fingerprint density at radius 3 is 2.00 bits per heavy atom. The zero-order valence-corrected chi connectivity index (χ0v) is 13.7. The molecule has 3 N–H and O–H groups in total. The maximum atomic E-state index is 12.8. The Kier molecular flexibility index (Phi) is 4.31. The molecule has 0 heterocycles. The van der Waals surface area contributed by atoms with Gasteiger partial charge in [0.25, 0.3) is 0 Å². The van der Waals surface area contributed by atoms with E-state index in [0.717, 1.165) is 31.2 Å². The summed E-state index contributed by atoms with van der Waals surface area (Å²) in [6.45, 7) is 5.80. The normalized spacial score (nSPS) is 37.8. The minimum Gasteiger partial charge on any atom is -0.355 e. The third-order valence-corrected chi connectivity index (χ3v) is 7.10. The van der Waals surface area contributed by atoms with E-state index in [4.69, 9.17) is 5.73 Å². The summed E-state index contributed by atoms with van der Waals surface area (Å²) >= 11 is 0. The highest BCUT2D eigenvalue weighted by Gasteiger charge is 2.50. The molecule has 3 heteroatoms. The Labute approximate surface area is 129 Å². The first-order chi connectivity index (χ1) is 10.1. The molecule has 3 nitrogen and oxygen atoms in total. The van der Waals surface area contributed by atoms with E-state index >= 15 is 0 Å². The highest BCUT2D eigenvalue weighted by molar-refractivity contribution is 5.79. The number of hydrogen-bond donors (Lipinski definition) is 2. The maximum absolute atomic E-state index is 12.8. The van der Waals surface area contributed by atoms with Gasteiger partial charge in [-0.05, 0) is 80.6 Å². The summed E-state index contributed by atoms with van der Waals surface area (Å²) in [5.74, 6) is 3.87. The van der Waals surface area contributed by atoms with Gasteiger partial charge in [-0.15, -0.1) is 0 Å². The Hall–Kier alpha value is -0.570. The van der Waals surface area contributed by atoms with Crippen LogP contribution in [0.5, 0.6) is 0 Å². The number of nitrogens with one attached hydrogen (secondary N) is 1. The molecule has 0 aromatic rings. The highest BCUT2D eigenvalue weighted by atomic mass is 16.1. The van der Waals surface area contributed by atoms with Gasteiger partial charge >= 0.3 is 0 Å². The van der Waals surface area contributed by atoms with Crippen LogP contribution in [-0.4, -0.2) is 19.0 Å². The van der Waals surface area contributed by atoms with Crippen molar-refractivity contribution in [3.8, 4) is 0 Å². The third-order valence-electron chi connectivity index (χ3n) is 7.10. The molecule has 0 radical (unpaired) electrons. The van der Waals surface area contributed by atoms with Crippen molar-refractivity contribution in [2.24, 2.45) is 40.7 Å². The van der Waals surface area contributed by atoms with Crippen LogP contribution in [0.25, 0.3) is 0 Å². The second kappa shape index (κ2) is 5.91. The fourth-order valence-electron chi connectivity index (χ4n) is 5.61. The maximum Gasteiger partial charge on any atom is 0.223 e. The molecule has 0 aliphatic heterocycles. The molecule has 1 amide bonds. The minimum atomic E-state index is 0.0988. The first kappa shape index (κ1) is 15.3. The highest BCUT2D eigenvalue weighted by Crippen LogP contribution is 2.56. The van der Waals surface area contributed by atoms with E-state index in [1.54, 1.807) is 0 Å². The van der Waals surface area contributed by atoms with E-state index < -0.39 is 0 Å². The third kappa shape index (κ3) is 2.74. The SMILES string of the molecule is CCC(CC)(CN)CNC(=O)C1C2CC3CC(C2)CC1C3. The van der Waals surface area contributed by atoms with Gasteiger partial charge in [0.15, 0.2) is 0 Å². The molecule has 4 rings (SSSR count). The van der Waals surface area contributed by atoms with Crippen molar-refractivity contribution in [1.29, 1.82) is 0 Å². The molecule has 0 atom stereocenters. The van der Waals surface area contributed by atoms with Crippen molar-refractivity contribution in [2.75, 3.05) is 13.1 Å². The van der Waals surface area contributed by atoms with Gasteiger partial charge in [-0.3, -0.25) is 4.79 Å². The fraction of sp³-hybridized carbons (Fsp3) is 0.944. The van der Waals surface area contributed by atoms with E-state index in [-0.39, 0.29) is 5.41 Å². The van der Waals surface area contributed by atoms with Gasteiger partial charge in [0.1, 0.15) is 0 Å². The van der Waals surface area contributed by atoms with Crippen LogP contribution in [0.2, 0.25) is 0 Å². The van der Waals surface area contributed by atoms with Crippen molar-refractivity contribution in [3.05, 3.63) is 0 Å². The molecular formula is C18H32N2O. The lowest BCUT2D eigenvalue weighted by Crippen LogP contribution is -2.52. The second-order valence-electron chi connectivity index (χ2n) is 8.09. The number of nitrogens with two attached hydrogens (primary N) is 1. The smallest absolute Gasteiger partial charge is 0.223 e. The van der Waals surface area contributed by atoms with E-state index in [2.05, 4.69) is 19.2 Å². The van der Waals surface area contributed by atoms with E-state index in [1.807, 2.05) is 0 Å².